The van der Waals surface area contributed by atoms with E-state index >= 15 is 0 Å². The Labute approximate surface area is 139 Å². The fourth-order valence-corrected chi connectivity index (χ4v) is 4.93. The van der Waals surface area contributed by atoms with Crippen LogP contribution >= 0.6 is 45.8 Å². The Morgan fingerprint density at radius 2 is 2.16 bits per heavy atom. The zero-order valence-electron chi connectivity index (χ0n) is 11.3. The third kappa shape index (κ3) is 2.78. The van der Waals surface area contributed by atoms with Crippen LogP contribution in [0.5, 0.6) is 0 Å². The summed E-state index contributed by atoms with van der Waals surface area (Å²) >= 11 is 14.9. The van der Waals surface area contributed by atoms with E-state index in [2.05, 4.69) is 54.0 Å². The van der Waals surface area contributed by atoms with Gasteiger partial charge >= 0.3 is 0 Å². The first-order valence-electron chi connectivity index (χ1n) is 6.83. The van der Waals surface area contributed by atoms with Gasteiger partial charge in [0.05, 0.1) is 10.0 Å². The molecule has 0 bridgehead atoms. The van der Waals surface area contributed by atoms with Crippen molar-refractivity contribution in [3.8, 4) is 0 Å². The van der Waals surface area contributed by atoms with E-state index in [0.717, 1.165) is 0 Å². The molecule has 3 atom stereocenters. The average molecular weight is 412 g/mol. The number of rotatable bonds is 5. The number of hydrogen-bond acceptors (Lipinski definition) is 1. The minimum Gasteiger partial charge on any atom is -0.316 e. The second-order valence-electron chi connectivity index (χ2n) is 5.31. The lowest BCUT2D eigenvalue weighted by molar-refractivity contribution is 0.187. The molecule has 1 fully saturated rings. The zero-order valence-corrected chi connectivity index (χ0v) is 15.0. The molecule has 0 heterocycles. The first-order chi connectivity index (χ1) is 9.06. The Kier molecular flexibility index (Phi) is 5.43. The number of benzene rings is 1. The summed E-state index contributed by atoms with van der Waals surface area (Å²) in [7, 11) is 2.07. The van der Waals surface area contributed by atoms with E-state index in [1.807, 2.05) is 6.07 Å². The molecular formula is C15H20Cl2IN. The Balaban J connectivity index is 2.41. The van der Waals surface area contributed by atoms with Crippen molar-refractivity contribution >= 4 is 45.8 Å². The van der Waals surface area contributed by atoms with E-state index < -0.39 is 0 Å². The standard InChI is InChI=1S/C15H20Cl2IN/c1-3-4-14(19-2)15(8-7-13(15)18)10-5-6-11(16)12(17)9-10/h5-6,9,13-14,19H,3-4,7-8H2,1-2H3. The Morgan fingerprint density at radius 1 is 1.42 bits per heavy atom. The molecule has 0 aromatic heterocycles. The quantitative estimate of drug-likeness (QED) is 0.517. The number of likely N-dealkylation sites (N-methyl/N-ethyl adjacent to an activating group) is 1. The van der Waals surface area contributed by atoms with Gasteiger partial charge in [-0.2, -0.15) is 0 Å². The maximum atomic E-state index is 6.22. The van der Waals surface area contributed by atoms with E-state index in [1.165, 1.54) is 31.2 Å². The van der Waals surface area contributed by atoms with Crippen molar-refractivity contribution in [1.29, 1.82) is 0 Å². The van der Waals surface area contributed by atoms with Crippen molar-refractivity contribution in [2.75, 3.05) is 7.05 Å². The largest absolute Gasteiger partial charge is 0.316 e. The van der Waals surface area contributed by atoms with Crippen LogP contribution in [0.3, 0.4) is 0 Å². The fourth-order valence-electron chi connectivity index (χ4n) is 3.22. The molecule has 106 valence electrons. The maximum Gasteiger partial charge on any atom is 0.0595 e. The highest BCUT2D eigenvalue weighted by molar-refractivity contribution is 14.1. The molecular weight excluding hydrogens is 392 g/mol. The topological polar surface area (TPSA) is 12.0 Å². The van der Waals surface area contributed by atoms with E-state index in [1.54, 1.807) is 0 Å². The number of halogens is 3. The van der Waals surface area contributed by atoms with Crippen molar-refractivity contribution in [3.63, 3.8) is 0 Å². The van der Waals surface area contributed by atoms with Crippen LogP contribution in [0.25, 0.3) is 0 Å². The summed E-state index contributed by atoms with van der Waals surface area (Å²) in [5.74, 6) is 0. The lowest BCUT2D eigenvalue weighted by atomic mass is 9.59. The van der Waals surface area contributed by atoms with Gasteiger partial charge in [0.1, 0.15) is 0 Å². The summed E-state index contributed by atoms with van der Waals surface area (Å²) in [5.41, 5.74) is 1.54. The van der Waals surface area contributed by atoms with E-state index in [9.17, 15) is 0 Å². The zero-order chi connectivity index (χ0) is 14.0. The van der Waals surface area contributed by atoms with Crippen LogP contribution in [0.4, 0.5) is 0 Å². The lowest BCUT2D eigenvalue weighted by Gasteiger charge is -2.52. The van der Waals surface area contributed by atoms with Gasteiger partial charge in [-0.1, -0.05) is 65.2 Å². The molecule has 1 aromatic carbocycles. The van der Waals surface area contributed by atoms with E-state index in [-0.39, 0.29) is 5.41 Å². The predicted octanol–water partition coefficient (Wildman–Crippen LogP) is 5.22. The minimum atomic E-state index is 0.208. The molecule has 19 heavy (non-hydrogen) atoms. The summed E-state index contributed by atoms with van der Waals surface area (Å²) in [6, 6.07) is 6.65. The molecule has 1 aliphatic carbocycles. The number of alkyl halides is 1. The molecule has 1 nitrogen and oxygen atoms in total. The smallest absolute Gasteiger partial charge is 0.0595 e. The highest BCUT2D eigenvalue weighted by atomic mass is 127. The van der Waals surface area contributed by atoms with E-state index in [4.69, 9.17) is 23.2 Å². The molecule has 0 saturated heterocycles. The van der Waals surface area contributed by atoms with Crippen LogP contribution in [0.1, 0.15) is 38.2 Å². The van der Waals surface area contributed by atoms with Gasteiger partial charge in [-0.15, -0.1) is 0 Å². The molecule has 3 unspecified atom stereocenters. The van der Waals surface area contributed by atoms with Crippen molar-refractivity contribution in [3.05, 3.63) is 33.8 Å². The first-order valence-corrected chi connectivity index (χ1v) is 8.83. The van der Waals surface area contributed by atoms with Crippen LogP contribution in [0.2, 0.25) is 10.0 Å². The third-order valence-electron chi connectivity index (χ3n) is 4.38. The Bertz CT molecular complexity index is 452. The van der Waals surface area contributed by atoms with Gasteiger partial charge in [0.25, 0.3) is 0 Å². The Morgan fingerprint density at radius 3 is 2.58 bits per heavy atom. The predicted molar refractivity (Wildman–Crippen MR) is 92.9 cm³/mol. The van der Waals surface area contributed by atoms with Crippen LogP contribution in [-0.2, 0) is 5.41 Å². The van der Waals surface area contributed by atoms with Gasteiger partial charge in [-0.3, -0.25) is 0 Å². The fraction of sp³-hybridized carbons (Fsp3) is 0.600. The molecule has 1 aromatic rings. The molecule has 1 aliphatic rings. The van der Waals surface area contributed by atoms with Gasteiger partial charge in [0.15, 0.2) is 0 Å². The number of hydrogen-bond donors (Lipinski definition) is 1. The molecule has 1 saturated carbocycles. The van der Waals surface area contributed by atoms with Gasteiger partial charge in [0.2, 0.25) is 0 Å². The Hall–Kier alpha value is 0.490. The molecule has 0 aliphatic heterocycles. The second kappa shape index (κ2) is 6.50. The summed E-state index contributed by atoms with van der Waals surface area (Å²) in [6.07, 6.45) is 4.89. The van der Waals surface area contributed by atoms with Gasteiger partial charge in [-0.05, 0) is 44.0 Å². The molecule has 0 spiro atoms. The summed E-state index contributed by atoms with van der Waals surface area (Å²) in [5, 5.41) is 4.84. The number of nitrogens with one attached hydrogen (secondary N) is 1. The lowest BCUT2D eigenvalue weighted by Crippen LogP contribution is -2.58. The summed E-state index contributed by atoms with van der Waals surface area (Å²) < 4.78 is 0.659. The van der Waals surface area contributed by atoms with Crippen molar-refractivity contribution < 1.29 is 0 Å². The molecule has 0 amide bonds. The SMILES string of the molecule is CCCC(NC)C1(c2ccc(Cl)c(Cl)c2)CCC1I. The molecule has 2 rings (SSSR count). The van der Waals surface area contributed by atoms with Crippen LogP contribution in [-0.4, -0.2) is 17.0 Å². The van der Waals surface area contributed by atoms with Crippen molar-refractivity contribution in [2.24, 2.45) is 0 Å². The first kappa shape index (κ1) is 15.9. The summed E-state index contributed by atoms with van der Waals surface area (Å²) in [6.45, 7) is 2.24. The molecule has 0 radical (unpaired) electrons. The second-order valence-corrected chi connectivity index (χ2v) is 7.62. The molecule has 1 N–H and O–H groups in total. The van der Waals surface area contributed by atoms with E-state index in [0.29, 0.717) is 20.0 Å². The monoisotopic (exact) mass is 411 g/mol. The van der Waals surface area contributed by atoms with Crippen LogP contribution in [0.15, 0.2) is 18.2 Å². The van der Waals surface area contributed by atoms with Gasteiger partial charge in [-0.25, -0.2) is 0 Å². The molecule has 4 heteroatoms. The van der Waals surface area contributed by atoms with Crippen LogP contribution < -0.4 is 5.32 Å². The van der Waals surface area contributed by atoms with Crippen LogP contribution in [0, 0.1) is 0 Å². The van der Waals surface area contributed by atoms with Gasteiger partial charge < -0.3 is 5.32 Å². The highest BCUT2D eigenvalue weighted by Crippen LogP contribution is 2.52. The van der Waals surface area contributed by atoms with Crippen molar-refractivity contribution in [2.45, 2.75) is 48.0 Å². The average Bonchev–Trinajstić information content (AvgIpc) is 2.40. The normalized spacial score (nSPS) is 27.9. The highest BCUT2D eigenvalue weighted by Gasteiger charge is 2.51. The van der Waals surface area contributed by atoms with Crippen molar-refractivity contribution in [1.82, 2.24) is 5.32 Å². The maximum absolute atomic E-state index is 6.22. The summed E-state index contributed by atoms with van der Waals surface area (Å²) in [4.78, 5) is 0. The third-order valence-corrected chi connectivity index (χ3v) is 6.85. The van der Waals surface area contributed by atoms with Gasteiger partial charge in [0, 0.05) is 15.4 Å². The minimum absolute atomic E-state index is 0.208.